The van der Waals surface area contributed by atoms with Gasteiger partial charge in [-0.1, -0.05) is 43.2 Å². The van der Waals surface area contributed by atoms with Crippen LogP contribution in [0.3, 0.4) is 0 Å². The van der Waals surface area contributed by atoms with E-state index in [1.54, 1.807) is 0 Å². The second kappa shape index (κ2) is 11.2. The zero-order valence-electron chi connectivity index (χ0n) is 23.7. The van der Waals surface area contributed by atoms with Crippen LogP contribution in [0.15, 0.2) is 30.3 Å². The zero-order chi connectivity index (χ0) is 28.6. The summed E-state index contributed by atoms with van der Waals surface area (Å²) in [5.74, 6) is 5.61. The summed E-state index contributed by atoms with van der Waals surface area (Å²) in [6.45, 7) is 2.98. The third kappa shape index (κ3) is 5.16. The topological polar surface area (TPSA) is 129 Å². The number of amides is 1. The van der Waals surface area contributed by atoms with Crippen LogP contribution in [0.4, 0.5) is 10.6 Å². The Morgan fingerprint density at radius 1 is 1.12 bits per heavy atom. The molecule has 4 N–H and O–H groups in total. The van der Waals surface area contributed by atoms with Crippen molar-refractivity contribution in [3.63, 3.8) is 0 Å². The highest BCUT2D eigenvalue weighted by molar-refractivity contribution is 6.03. The van der Waals surface area contributed by atoms with Crippen molar-refractivity contribution in [3.05, 3.63) is 47.5 Å². The summed E-state index contributed by atoms with van der Waals surface area (Å²) in [6.07, 6.45) is 15.4. The van der Waals surface area contributed by atoms with E-state index in [2.05, 4.69) is 57.3 Å². The van der Waals surface area contributed by atoms with Gasteiger partial charge in [0.05, 0.1) is 5.41 Å². The van der Waals surface area contributed by atoms with Gasteiger partial charge in [-0.2, -0.15) is 0 Å². The number of carbonyl (C=O) groups is 1. The lowest BCUT2D eigenvalue weighted by Gasteiger charge is -2.42. The lowest BCUT2D eigenvalue weighted by molar-refractivity contribution is 0.200. The number of fused-ring (bicyclic) bond motifs is 1. The minimum Gasteiger partial charge on any atom is -0.465 e. The van der Waals surface area contributed by atoms with Crippen molar-refractivity contribution in [1.29, 1.82) is 5.41 Å². The molecule has 214 valence electrons. The molecule has 2 heterocycles. The van der Waals surface area contributed by atoms with E-state index in [1.807, 2.05) is 6.07 Å². The third-order valence-electron chi connectivity index (χ3n) is 9.76. The summed E-state index contributed by atoms with van der Waals surface area (Å²) >= 11 is 0. The van der Waals surface area contributed by atoms with E-state index in [4.69, 9.17) is 21.8 Å². The van der Waals surface area contributed by atoms with Crippen LogP contribution in [0.2, 0.25) is 0 Å². The zero-order valence-corrected chi connectivity index (χ0v) is 23.7. The predicted molar refractivity (Wildman–Crippen MR) is 159 cm³/mol. The quantitative estimate of drug-likeness (QED) is 0.155. The van der Waals surface area contributed by atoms with Gasteiger partial charge in [-0.3, -0.25) is 10.7 Å². The van der Waals surface area contributed by atoms with Crippen LogP contribution in [0.1, 0.15) is 88.3 Å². The number of imidazole rings is 1. The Bertz CT molecular complexity index is 1480. The van der Waals surface area contributed by atoms with Gasteiger partial charge in [0.1, 0.15) is 11.3 Å². The van der Waals surface area contributed by atoms with Gasteiger partial charge in [0.2, 0.25) is 0 Å². The summed E-state index contributed by atoms with van der Waals surface area (Å²) < 4.78 is 2.36. The van der Waals surface area contributed by atoms with E-state index in [-0.39, 0.29) is 23.1 Å². The van der Waals surface area contributed by atoms with Gasteiger partial charge in [-0.25, -0.2) is 19.7 Å². The van der Waals surface area contributed by atoms with E-state index in [9.17, 15) is 9.90 Å². The van der Waals surface area contributed by atoms with Crippen LogP contribution < -0.4 is 10.6 Å². The monoisotopic (exact) mass is 553 g/mol. The average molecular weight is 554 g/mol. The van der Waals surface area contributed by atoms with E-state index >= 15 is 0 Å². The molecular weight excluding hydrogens is 514 g/mol. The van der Waals surface area contributed by atoms with Crippen molar-refractivity contribution in [2.24, 2.45) is 17.8 Å². The minimum atomic E-state index is -1.32. The van der Waals surface area contributed by atoms with Crippen LogP contribution in [0.25, 0.3) is 11.2 Å². The predicted octanol–water partition coefficient (Wildman–Crippen LogP) is 5.93. The van der Waals surface area contributed by atoms with Gasteiger partial charge in [0.15, 0.2) is 23.1 Å². The second-order valence-corrected chi connectivity index (χ2v) is 12.2. The Balaban J connectivity index is 1.50. The molecule has 3 saturated carbocycles. The number of hydrogen-bond acceptors (Lipinski definition) is 6. The molecule has 0 radical (unpaired) electrons. The Kier molecular flexibility index (Phi) is 7.41. The normalized spacial score (nSPS) is 22.6. The van der Waals surface area contributed by atoms with Gasteiger partial charge in [-0.05, 0) is 75.7 Å². The molecule has 2 aromatic heterocycles. The summed E-state index contributed by atoms with van der Waals surface area (Å²) in [5.41, 5.74) is 2.38. The summed E-state index contributed by atoms with van der Waals surface area (Å²) in [7, 11) is 0. The molecule has 1 aromatic carbocycles. The fourth-order valence-electron chi connectivity index (χ4n) is 6.93. The molecule has 41 heavy (non-hydrogen) atoms. The molecule has 1 atom stereocenters. The standard InChI is InChI=1S/C32H39N7O2/c1-3-21-13-15-22(16-14-21)19-39-25-27(34-20(2)23-9-7-10-23)36-29(26(33)35-31(40)41)37-28(25)38-30(39)32(17-8-18-32)24-11-5-4-6-12-24/h1,4-6,11-12,20-23H,7-10,13-19H2,2H3,(H2,33,35)(H,40,41)(H,34,36,37)/t20-,21?,22?/m1/s1. The lowest BCUT2D eigenvalue weighted by atomic mass is 9.63. The summed E-state index contributed by atoms with van der Waals surface area (Å²) in [5, 5.41) is 23.4. The van der Waals surface area contributed by atoms with Crippen molar-refractivity contribution in [2.75, 3.05) is 5.32 Å². The number of rotatable bonds is 8. The lowest BCUT2D eigenvalue weighted by Crippen LogP contribution is -2.39. The van der Waals surface area contributed by atoms with E-state index in [0.29, 0.717) is 29.2 Å². The number of anilines is 1. The first-order chi connectivity index (χ1) is 19.9. The Morgan fingerprint density at radius 2 is 1.85 bits per heavy atom. The second-order valence-electron chi connectivity index (χ2n) is 12.2. The molecule has 0 saturated heterocycles. The molecule has 3 aromatic rings. The summed E-state index contributed by atoms with van der Waals surface area (Å²) in [6, 6.07) is 10.8. The van der Waals surface area contributed by atoms with Crippen LogP contribution >= 0.6 is 0 Å². The molecule has 0 aliphatic heterocycles. The maximum absolute atomic E-state index is 11.3. The third-order valence-corrected chi connectivity index (χ3v) is 9.76. The Morgan fingerprint density at radius 3 is 2.44 bits per heavy atom. The molecular formula is C32H39N7O2. The van der Waals surface area contributed by atoms with Gasteiger partial charge in [0, 0.05) is 18.5 Å². The van der Waals surface area contributed by atoms with Crippen molar-refractivity contribution in [2.45, 2.75) is 89.1 Å². The van der Waals surface area contributed by atoms with Crippen LogP contribution in [-0.2, 0) is 12.0 Å². The van der Waals surface area contributed by atoms with Crippen LogP contribution in [-0.4, -0.2) is 42.6 Å². The van der Waals surface area contributed by atoms with E-state index in [0.717, 1.165) is 62.8 Å². The maximum atomic E-state index is 11.3. The summed E-state index contributed by atoms with van der Waals surface area (Å²) in [4.78, 5) is 26.0. The highest BCUT2D eigenvalue weighted by atomic mass is 16.4. The van der Waals surface area contributed by atoms with Crippen LogP contribution in [0, 0.1) is 35.5 Å². The Hall–Kier alpha value is -3.93. The van der Waals surface area contributed by atoms with Crippen LogP contribution in [0.5, 0.6) is 0 Å². The first-order valence-electron chi connectivity index (χ1n) is 15.0. The van der Waals surface area contributed by atoms with Crippen molar-refractivity contribution >= 4 is 28.9 Å². The smallest absolute Gasteiger partial charge is 0.410 e. The number of terminal acetylenes is 1. The van der Waals surface area contributed by atoms with Crippen molar-refractivity contribution in [1.82, 2.24) is 24.8 Å². The Labute approximate surface area is 241 Å². The van der Waals surface area contributed by atoms with Crippen molar-refractivity contribution < 1.29 is 9.90 Å². The van der Waals surface area contributed by atoms with E-state index < -0.39 is 6.09 Å². The highest BCUT2D eigenvalue weighted by Crippen LogP contribution is 2.50. The van der Waals surface area contributed by atoms with Gasteiger partial charge in [0.25, 0.3) is 0 Å². The number of benzene rings is 1. The molecule has 0 bridgehead atoms. The molecule has 3 aliphatic carbocycles. The molecule has 9 heteroatoms. The molecule has 3 fully saturated rings. The number of hydrogen-bond donors (Lipinski definition) is 4. The minimum absolute atomic E-state index is 0.0244. The largest absolute Gasteiger partial charge is 0.465 e. The fourth-order valence-corrected chi connectivity index (χ4v) is 6.93. The SMILES string of the molecule is C#CC1CCC(Cn2c(C3(c4ccccc4)CCC3)nc3nc(C(=N)NC(=O)O)nc(N[C@H](C)C4CCC4)c32)CC1. The molecule has 0 spiro atoms. The van der Waals surface area contributed by atoms with Crippen molar-refractivity contribution in [3.8, 4) is 12.3 Å². The molecule has 9 nitrogen and oxygen atoms in total. The first kappa shape index (κ1) is 27.3. The molecule has 3 aliphatic rings. The van der Waals surface area contributed by atoms with Gasteiger partial charge >= 0.3 is 6.09 Å². The number of nitrogens with zero attached hydrogens (tertiary/aromatic N) is 4. The highest BCUT2D eigenvalue weighted by Gasteiger charge is 2.45. The number of amidine groups is 1. The van der Waals surface area contributed by atoms with Gasteiger partial charge < -0.3 is 15.0 Å². The van der Waals surface area contributed by atoms with Gasteiger partial charge in [-0.15, -0.1) is 12.3 Å². The molecule has 0 unspecified atom stereocenters. The average Bonchev–Trinajstić information content (AvgIpc) is 3.26. The molecule has 6 rings (SSSR count). The number of aromatic nitrogens is 4. The first-order valence-corrected chi connectivity index (χ1v) is 15.0. The number of carboxylic acid groups (broad SMARTS) is 1. The maximum Gasteiger partial charge on any atom is 0.410 e. The molecule has 1 amide bonds. The number of nitrogens with one attached hydrogen (secondary N) is 3. The van der Waals surface area contributed by atoms with E-state index in [1.165, 1.54) is 24.8 Å². The fraction of sp³-hybridized carbons (Fsp3) is 0.531.